The SMILES string of the molecule is CN=C(NCCn1cnc2ccccc21)NC1CCN(C(=O)C2CCCCC2)C1.I. The van der Waals surface area contributed by atoms with Crippen LogP contribution in [-0.4, -0.2) is 59.0 Å². The average Bonchev–Trinajstić information content (AvgIpc) is 3.40. The fourth-order valence-corrected chi connectivity index (χ4v) is 4.56. The van der Waals surface area contributed by atoms with Crippen molar-refractivity contribution in [2.45, 2.75) is 51.1 Å². The molecule has 2 aliphatic rings. The molecular formula is C22H33IN6O. The van der Waals surface area contributed by atoms with Crippen molar-refractivity contribution in [3.05, 3.63) is 30.6 Å². The zero-order valence-corrected chi connectivity index (χ0v) is 20.0. The Morgan fingerprint density at radius 2 is 2.00 bits per heavy atom. The summed E-state index contributed by atoms with van der Waals surface area (Å²) in [4.78, 5) is 23.6. The Morgan fingerprint density at radius 3 is 2.80 bits per heavy atom. The van der Waals surface area contributed by atoms with Crippen LogP contribution in [0.1, 0.15) is 38.5 Å². The Labute approximate surface area is 195 Å². The summed E-state index contributed by atoms with van der Waals surface area (Å²) in [5, 5.41) is 6.88. The van der Waals surface area contributed by atoms with Gasteiger partial charge < -0.3 is 20.1 Å². The number of fused-ring (bicyclic) bond motifs is 1. The number of carbonyl (C=O) groups is 1. The number of nitrogens with one attached hydrogen (secondary N) is 2. The number of nitrogens with zero attached hydrogens (tertiary/aromatic N) is 4. The maximum absolute atomic E-state index is 12.8. The molecule has 1 amide bonds. The highest BCUT2D eigenvalue weighted by atomic mass is 127. The predicted octanol–water partition coefficient (Wildman–Crippen LogP) is 3.00. The Bertz CT molecular complexity index is 860. The van der Waals surface area contributed by atoms with Crippen molar-refractivity contribution in [1.29, 1.82) is 0 Å². The summed E-state index contributed by atoms with van der Waals surface area (Å²) in [6, 6.07) is 8.43. The molecule has 1 unspecified atom stereocenters. The quantitative estimate of drug-likeness (QED) is 0.359. The van der Waals surface area contributed by atoms with Crippen LogP contribution in [0.2, 0.25) is 0 Å². The molecule has 0 radical (unpaired) electrons. The Hall–Kier alpha value is -1.84. The van der Waals surface area contributed by atoms with Gasteiger partial charge in [-0.25, -0.2) is 4.98 Å². The van der Waals surface area contributed by atoms with Crippen LogP contribution in [0.4, 0.5) is 0 Å². The molecule has 2 aromatic rings. The van der Waals surface area contributed by atoms with E-state index in [1.165, 1.54) is 19.3 Å². The molecule has 0 bridgehead atoms. The third-order valence-corrected chi connectivity index (χ3v) is 6.19. The van der Waals surface area contributed by atoms with Crippen LogP contribution in [-0.2, 0) is 11.3 Å². The molecule has 2 fully saturated rings. The molecule has 0 spiro atoms. The first-order valence-electron chi connectivity index (χ1n) is 10.9. The third kappa shape index (κ3) is 5.44. The fraction of sp³-hybridized carbons (Fsp3) is 0.591. The van der Waals surface area contributed by atoms with Crippen molar-refractivity contribution in [1.82, 2.24) is 25.1 Å². The second-order valence-corrected chi connectivity index (χ2v) is 8.17. The smallest absolute Gasteiger partial charge is 0.225 e. The lowest BCUT2D eigenvalue weighted by molar-refractivity contribution is -0.135. The molecule has 7 nitrogen and oxygen atoms in total. The standard InChI is InChI=1S/C22H32N6O.HI/c1-23-22(24-12-14-28-16-25-19-9-5-6-10-20(19)28)26-18-11-13-27(15-18)21(29)17-7-3-2-4-8-17;/h5-6,9-10,16-18H,2-4,7-8,11-15H2,1H3,(H2,23,24,26);1H. The van der Waals surface area contributed by atoms with Crippen molar-refractivity contribution in [3.8, 4) is 0 Å². The van der Waals surface area contributed by atoms with Gasteiger partial charge in [-0.15, -0.1) is 24.0 Å². The van der Waals surface area contributed by atoms with Gasteiger partial charge in [-0.05, 0) is 31.4 Å². The minimum atomic E-state index is 0. The van der Waals surface area contributed by atoms with E-state index in [1.54, 1.807) is 7.05 Å². The molecule has 2 N–H and O–H groups in total. The summed E-state index contributed by atoms with van der Waals surface area (Å²) in [6.45, 7) is 3.21. The van der Waals surface area contributed by atoms with Gasteiger partial charge in [0.05, 0.1) is 17.4 Å². The number of hydrogen-bond acceptors (Lipinski definition) is 3. The number of para-hydroxylation sites is 2. The molecule has 164 valence electrons. The Morgan fingerprint density at radius 1 is 1.20 bits per heavy atom. The molecule has 1 aromatic carbocycles. The van der Waals surface area contributed by atoms with E-state index >= 15 is 0 Å². The van der Waals surface area contributed by atoms with E-state index in [-0.39, 0.29) is 35.9 Å². The van der Waals surface area contributed by atoms with E-state index in [0.29, 0.717) is 5.91 Å². The Balaban J connectivity index is 0.00000256. The minimum Gasteiger partial charge on any atom is -0.355 e. The van der Waals surface area contributed by atoms with Crippen LogP contribution in [0.5, 0.6) is 0 Å². The number of likely N-dealkylation sites (tertiary alicyclic amines) is 1. The second-order valence-electron chi connectivity index (χ2n) is 8.17. The topological polar surface area (TPSA) is 74.6 Å². The number of guanidine groups is 1. The molecule has 8 heteroatoms. The van der Waals surface area contributed by atoms with Gasteiger partial charge in [0.1, 0.15) is 0 Å². The fourth-order valence-electron chi connectivity index (χ4n) is 4.56. The predicted molar refractivity (Wildman–Crippen MR) is 131 cm³/mol. The first kappa shape index (κ1) is 22.8. The summed E-state index contributed by atoms with van der Waals surface area (Å²) in [7, 11) is 1.79. The zero-order valence-electron chi connectivity index (χ0n) is 17.7. The maximum Gasteiger partial charge on any atom is 0.225 e. The van der Waals surface area contributed by atoms with Crippen molar-refractivity contribution < 1.29 is 4.79 Å². The van der Waals surface area contributed by atoms with E-state index < -0.39 is 0 Å². The molecule has 30 heavy (non-hydrogen) atoms. The van der Waals surface area contributed by atoms with Crippen LogP contribution in [0.15, 0.2) is 35.6 Å². The normalized spacial score (nSPS) is 20.2. The van der Waals surface area contributed by atoms with Gasteiger partial charge in [0.25, 0.3) is 0 Å². The maximum atomic E-state index is 12.8. The van der Waals surface area contributed by atoms with Gasteiger partial charge >= 0.3 is 0 Å². The lowest BCUT2D eigenvalue weighted by Gasteiger charge is -2.26. The van der Waals surface area contributed by atoms with E-state index in [4.69, 9.17) is 0 Å². The highest BCUT2D eigenvalue weighted by Crippen LogP contribution is 2.26. The highest BCUT2D eigenvalue weighted by Gasteiger charge is 2.31. The van der Waals surface area contributed by atoms with Crippen LogP contribution in [0, 0.1) is 5.92 Å². The number of imidazole rings is 1. The van der Waals surface area contributed by atoms with E-state index in [9.17, 15) is 4.79 Å². The van der Waals surface area contributed by atoms with Crippen molar-refractivity contribution >= 4 is 46.9 Å². The minimum absolute atomic E-state index is 0. The number of hydrogen-bond donors (Lipinski definition) is 2. The molecule has 1 saturated heterocycles. The van der Waals surface area contributed by atoms with Gasteiger partial charge in [0.15, 0.2) is 5.96 Å². The average molecular weight is 524 g/mol. The summed E-state index contributed by atoms with van der Waals surface area (Å²) in [5.74, 6) is 1.42. The number of aliphatic imine (C=N–C) groups is 1. The number of benzene rings is 1. The van der Waals surface area contributed by atoms with Gasteiger partial charge in [-0.1, -0.05) is 31.4 Å². The lowest BCUT2D eigenvalue weighted by atomic mass is 9.88. The molecule has 1 atom stereocenters. The monoisotopic (exact) mass is 524 g/mol. The Kier molecular flexibility index (Phi) is 8.35. The summed E-state index contributed by atoms with van der Waals surface area (Å²) < 4.78 is 2.15. The number of amides is 1. The summed E-state index contributed by atoms with van der Waals surface area (Å²) >= 11 is 0. The molecule has 2 heterocycles. The molecule has 1 aliphatic heterocycles. The van der Waals surface area contributed by atoms with Gasteiger partial charge in [-0.2, -0.15) is 0 Å². The lowest BCUT2D eigenvalue weighted by Crippen LogP contribution is -2.46. The number of carbonyl (C=O) groups excluding carboxylic acids is 1. The molecule has 1 saturated carbocycles. The molecule has 1 aromatic heterocycles. The van der Waals surface area contributed by atoms with Crippen LogP contribution >= 0.6 is 24.0 Å². The van der Waals surface area contributed by atoms with Crippen molar-refractivity contribution in [2.24, 2.45) is 10.9 Å². The highest BCUT2D eigenvalue weighted by molar-refractivity contribution is 14.0. The van der Waals surface area contributed by atoms with Gasteiger partial charge in [-0.3, -0.25) is 9.79 Å². The van der Waals surface area contributed by atoms with Crippen molar-refractivity contribution in [3.63, 3.8) is 0 Å². The first-order chi connectivity index (χ1) is 14.2. The van der Waals surface area contributed by atoms with E-state index in [1.807, 2.05) is 24.5 Å². The first-order valence-corrected chi connectivity index (χ1v) is 10.9. The van der Waals surface area contributed by atoms with E-state index in [0.717, 1.165) is 62.4 Å². The molecule has 4 rings (SSSR count). The van der Waals surface area contributed by atoms with Crippen LogP contribution in [0.25, 0.3) is 11.0 Å². The summed E-state index contributed by atoms with van der Waals surface area (Å²) in [6.07, 6.45) is 8.69. The zero-order chi connectivity index (χ0) is 20.1. The largest absolute Gasteiger partial charge is 0.355 e. The van der Waals surface area contributed by atoms with Crippen LogP contribution < -0.4 is 10.6 Å². The van der Waals surface area contributed by atoms with E-state index in [2.05, 4.69) is 36.1 Å². The van der Waals surface area contributed by atoms with Crippen LogP contribution in [0.3, 0.4) is 0 Å². The van der Waals surface area contributed by atoms with Crippen molar-refractivity contribution in [2.75, 3.05) is 26.7 Å². The number of halogens is 1. The third-order valence-electron chi connectivity index (χ3n) is 6.19. The molecular weight excluding hydrogens is 491 g/mol. The number of rotatable bonds is 5. The van der Waals surface area contributed by atoms with Gasteiger partial charge in [0.2, 0.25) is 5.91 Å². The molecule has 1 aliphatic carbocycles. The second kappa shape index (κ2) is 11.0. The van der Waals surface area contributed by atoms with Gasteiger partial charge in [0, 0.05) is 45.2 Å². The number of aromatic nitrogens is 2. The summed E-state index contributed by atoms with van der Waals surface area (Å²) in [5.41, 5.74) is 2.16.